The Morgan fingerprint density at radius 1 is 1.11 bits per heavy atom. The summed E-state index contributed by atoms with van der Waals surface area (Å²) < 4.78 is 0. The van der Waals surface area contributed by atoms with Crippen LogP contribution in [-0.4, -0.2) is 56.1 Å². The van der Waals surface area contributed by atoms with Gasteiger partial charge in [0.1, 0.15) is 0 Å². The van der Waals surface area contributed by atoms with Gasteiger partial charge in [-0.1, -0.05) is 0 Å². The fraction of sp³-hybridized carbons (Fsp3) is 1.00. The van der Waals surface area contributed by atoms with Crippen molar-refractivity contribution in [2.75, 3.05) is 40.3 Å². The standard InChI is InChI=1S/C15H31N3/c1-17(9-7-14-8-10-18(2)12-14)11-13-3-5-15(16)6-4-13/h13-15H,3-12,16H2,1-2H3. The van der Waals surface area contributed by atoms with E-state index in [1.54, 1.807) is 0 Å². The highest BCUT2D eigenvalue weighted by atomic mass is 15.1. The van der Waals surface area contributed by atoms with Crippen molar-refractivity contribution in [2.24, 2.45) is 17.6 Å². The van der Waals surface area contributed by atoms with Crippen LogP contribution in [0.4, 0.5) is 0 Å². The third-order valence-electron chi connectivity index (χ3n) is 4.87. The van der Waals surface area contributed by atoms with Gasteiger partial charge in [-0.2, -0.15) is 0 Å². The zero-order valence-corrected chi connectivity index (χ0v) is 12.3. The lowest BCUT2D eigenvalue weighted by atomic mass is 9.86. The summed E-state index contributed by atoms with van der Waals surface area (Å²) >= 11 is 0. The van der Waals surface area contributed by atoms with E-state index in [9.17, 15) is 0 Å². The van der Waals surface area contributed by atoms with Gasteiger partial charge < -0.3 is 15.5 Å². The van der Waals surface area contributed by atoms with Gasteiger partial charge in [-0.25, -0.2) is 0 Å². The Morgan fingerprint density at radius 3 is 2.44 bits per heavy atom. The molecule has 18 heavy (non-hydrogen) atoms. The highest BCUT2D eigenvalue weighted by Gasteiger charge is 2.22. The number of hydrogen-bond acceptors (Lipinski definition) is 3. The maximum absolute atomic E-state index is 5.96. The van der Waals surface area contributed by atoms with Gasteiger partial charge in [-0.3, -0.25) is 0 Å². The Labute approximate surface area is 113 Å². The second-order valence-corrected chi connectivity index (χ2v) is 6.75. The van der Waals surface area contributed by atoms with E-state index in [2.05, 4.69) is 23.9 Å². The molecule has 3 nitrogen and oxygen atoms in total. The van der Waals surface area contributed by atoms with Crippen LogP contribution in [0.5, 0.6) is 0 Å². The summed E-state index contributed by atoms with van der Waals surface area (Å²) in [6.45, 7) is 5.18. The molecule has 2 N–H and O–H groups in total. The van der Waals surface area contributed by atoms with E-state index in [-0.39, 0.29) is 0 Å². The van der Waals surface area contributed by atoms with Crippen LogP contribution in [0, 0.1) is 11.8 Å². The minimum absolute atomic E-state index is 0.487. The summed E-state index contributed by atoms with van der Waals surface area (Å²) in [6, 6.07) is 0.487. The van der Waals surface area contributed by atoms with E-state index >= 15 is 0 Å². The number of likely N-dealkylation sites (tertiary alicyclic amines) is 1. The van der Waals surface area contributed by atoms with E-state index in [1.165, 1.54) is 64.7 Å². The molecular formula is C15H31N3. The van der Waals surface area contributed by atoms with E-state index in [0.29, 0.717) is 6.04 Å². The predicted molar refractivity (Wildman–Crippen MR) is 77.7 cm³/mol. The zero-order valence-electron chi connectivity index (χ0n) is 12.3. The molecule has 0 aromatic heterocycles. The smallest absolute Gasteiger partial charge is 0.00390 e. The van der Waals surface area contributed by atoms with E-state index in [0.717, 1.165) is 11.8 Å². The molecule has 2 rings (SSSR count). The van der Waals surface area contributed by atoms with Crippen molar-refractivity contribution in [1.82, 2.24) is 9.80 Å². The molecule has 1 aliphatic carbocycles. The van der Waals surface area contributed by atoms with Crippen LogP contribution in [0.1, 0.15) is 38.5 Å². The largest absolute Gasteiger partial charge is 0.328 e. The second kappa shape index (κ2) is 6.88. The fourth-order valence-electron chi connectivity index (χ4n) is 3.57. The van der Waals surface area contributed by atoms with Crippen molar-refractivity contribution in [3.05, 3.63) is 0 Å². The van der Waals surface area contributed by atoms with Crippen molar-refractivity contribution in [3.63, 3.8) is 0 Å². The number of hydrogen-bond donors (Lipinski definition) is 1. The minimum Gasteiger partial charge on any atom is -0.328 e. The molecule has 1 unspecified atom stereocenters. The average Bonchev–Trinajstić information content (AvgIpc) is 2.76. The molecule has 106 valence electrons. The van der Waals surface area contributed by atoms with Crippen molar-refractivity contribution in [2.45, 2.75) is 44.6 Å². The number of nitrogens with two attached hydrogens (primary N) is 1. The van der Waals surface area contributed by atoms with Crippen LogP contribution < -0.4 is 5.73 Å². The molecular weight excluding hydrogens is 222 g/mol. The van der Waals surface area contributed by atoms with Crippen LogP contribution in [0.25, 0.3) is 0 Å². The lowest BCUT2D eigenvalue weighted by molar-refractivity contribution is 0.214. The molecule has 2 fully saturated rings. The van der Waals surface area contributed by atoms with Gasteiger partial charge in [-0.05, 0) is 77.5 Å². The Morgan fingerprint density at radius 2 is 1.83 bits per heavy atom. The van der Waals surface area contributed by atoms with Gasteiger partial charge in [0.2, 0.25) is 0 Å². The summed E-state index contributed by atoms with van der Waals surface area (Å²) in [5.74, 6) is 1.85. The third-order valence-corrected chi connectivity index (χ3v) is 4.87. The normalized spacial score (nSPS) is 34.3. The van der Waals surface area contributed by atoms with Crippen LogP contribution in [0.3, 0.4) is 0 Å². The van der Waals surface area contributed by atoms with Gasteiger partial charge in [0.15, 0.2) is 0 Å². The van der Waals surface area contributed by atoms with Gasteiger partial charge in [0, 0.05) is 19.1 Å². The molecule has 1 aliphatic heterocycles. The molecule has 0 radical (unpaired) electrons. The molecule has 2 aliphatic rings. The Kier molecular flexibility index (Phi) is 5.46. The minimum atomic E-state index is 0.487. The summed E-state index contributed by atoms with van der Waals surface area (Å²) in [6.07, 6.45) is 7.96. The third kappa shape index (κ3) is 4.52. The maximum atomic E-state index is 5.96. The van der Waals surface area contributed by atoms with E-state index in [4.69, 9.17) is 5.73 Å². The van der Waals surface area contributed by atoms with Gasteiger partial charge in [-0.15, -0.1) is 0 Å². The highest BCUT2D eigenvalue weighted by Crippen LogP contribution is 2.24. The van der Waals surface area contributed by atoms with Crippen LogP contribution in [0.2, 0.25) is 0 Å². The summed E-state index contributed by atoms with van der Waals surface area (Å²) in [4.78, 5) is 5.02. The molecule has 1 saturated carbocycles. The second-order valence-electron chi connectivity index (χ2n) is 6.75. The van der Waals surface area contributed by atoms with Crippen LogP contribution >= 0.6 is 0 Å². The molecule has 1 heterocycles. The molecule has 1 saturated heterocycles. The number of rotatable bonds is 5. The van der Waals surface area contributed by atoms with Gasteiger partial charge in [0.25, 0.3) is 0 Å². The molecule has 0 spiro atoms. The zero-order chi connectivity index (χ0) is 13.0. The Bertz CT molecular complexity index is 236. The van der Waals surface area contributed by atoms with Crippen LogP contribution in [-0.2, 0) is 0 Å². The Balaban J connectivity index is 1.58. The SMILES string of the molecule is CN(CCC1CCN(C)C1)CC1CCC(N)CC1. The lowest BCUT2D eigenvalue weighted by Crippen LogP contribution is -2.33. The monoisotopic (exact) mass is 253 g/mol. The molecule has 0 amide bonds. The average molecular weight is 253 g/mol. The topological polar surface area (TPSA) is 32.5 Å². The van der Waals surface area contributed by atoms with E-state index < -0.39 is 0 Å². The molecule has 0 aromatic rings. The Hall–Kier alpha value is -0.120. The van der Waals surface area contributed by atoms with E-state index in [1.807, 2.05) is 0 Å². The first kappa shape index (κ1) is 14.3. The number of nitrogens with zero attached hydrogens (tertiary/aromatic N) is 2. The van der Waals surface area contributed by atoms with Gasteiger partial charge in [0.05, 0.1) is 0 Å². The molecule has 0 aromatic carbocycles. The molecule has 1 atom stereocenters. The van der Waals surface area contributed by atoms with Crippen molar-refractivity contribution in [3.8, 4) is 0 Å². The van der Waals surface area contributed by atoms with Gasteiger partial charge >= 0.3 is 0 Å². The fourth-order valence-corrected chi connectivity index (χ4v) is 3.57. The first-order valence-electron chi connectivity index (χ1n) is 7.76. The summed E-state index contributed by atoms with van der Waals surface area (Å²) in [7, 11) is 4.54. The quantitative estimate of drug-likeness (QED) is 0.810. The highest BCUT2D eigenvalue weighted by molar-refractivity contribution is 4.77. The van der Waals surface area contributed by atoms with Crippen molar-refractivity contribution in [1.29, 1.82) is 0 Å². The molecule has 0 bridgehead atoms. The maximum Gasteiger partial charge on any atom is 0.00390 e. The predicted octanol–water partition coefficient (Wildman–Crippen LogP) is 1.78. The lowest BCUT2D eigenvalue weighted by Gasteiger charge is -2.30. The van der Waals surface area contributed by atoms with Crippen LogP contribution in [0.15, 0.2) is 0 Å². The molecule has 3 heteroatoms. The summed E-state index contributed by atoms with van der Waals surface area (Å²) in [5.41, 5.74) is 5.96. The van der Waals surface area contributed by atoms with Crippen molar-refractivity contribution >= 4 is 0 Å². The first-order valence-corrected chi connectivity index (χ1v) is 7.76. The summed E-state index contributed by atoms with van der Waals surface area (Å²) in [5, 5.41) is 0. The van der Waals surface area contributed by atoms with Crippen molar-refractivity contribution < 1.29 is 0 Å². The first-order chi connectivity index (χ1) is 8.63.